The summed E-state index contributed by atoms with van der Waals surface area (Å²) in [5.74, 6) is -1.25. The van der Waals surface area contributed by atoms with Crippen molar-refractivity contribution in [3.8, 4) is 5.75 Å². The van der Waals surface area contributed by atoms with Gasteiger partial charge in [0.05, 0.1) is 11.3 Å². The van der Waals surface area contributed by atoms with Crippen LogP contribution in [0.15, 0.2) is 48.7 Å². The minimum atomic E-state index is -4.94. The van der Waals surface area contributed by atoms with Crippen LogP contribution in [0.2, 0.25) is 0 Å². The van der Waals surface area contributed by atoms with E-state index in [4.69, 9.17) is 0 Å². The number of amides is 1. The van der Waals surface area contributed by atoms with Gasteiger partial charge in [-0.3, -0.25) is 9.78 Å². The molecule has 1 atom stereocenters. The number of aromatic nitrogens is 1. The summed E-state index contributed by atoms with van der Waals surface area (Å²) in [5.41, 5.74) is -0.254. The molecule has 1 amide bonds. The monoisotopic (exact) mass is 499 g/mol. The molecule has 186 valence electrons. The number of alkyl halides is 3. The van der Waals surface area contributed by atoms with Crippen LogP contribution in [0, 0.1) is 0 Å². The number of rotatable bonds is 8. The van der Waals surface area contributed by atoms with Crippen molar-refractivity contribution in [2.45, 2.75) is 50.9 Å². The van der Waals surface area contributed by atoms with Gasteiger partial charge in [0, 0.05) is 36.4 Å². The van der Waals surface area contributed by atoms with Gasteiger partial charge in [-0.05, 0) is 50.5 Å². The highest BCUT2D eigenvalue weighted by atomic mass is 32.2. The van der Waals surface area contributed by atoms with Crippen molar-refractivity contribution in [2.24, 2.45) is 0 Å². The first-order valence-corrected chi connectivity index (χ1v) is 12.6. The van der Waals surface area contributed by atoms with Crippen molar-refractivity contribution >= 4 is 15.9 Å². The Balaban J connectivity index is 1.86. The number of nitrogens with one attached hydrogen (secondary N) is 1. The molecular weight excluding hydrogens is 471 g/mol. The number of hydrogen-bond acceptors (Lipinski definition) is 5. The van der Waals surface area contributed by atoms with Gasteiger partial charge >= 0.3 is 6.36 Å². The van der Waals surface area contributed by atoms with Crippen LogP contribution in [0.3, 0.4) is 0 Å². The summed E-state index contributed by atoms with van der Waals surface area (Å²) in [7, 11) is -3.38. The molecule has 1 aromatic heterocycles. The maximum Gasteiger partial charge on any atom is 0.573 e. The minimum absolute atomic E-state index is 0.0614. The zero-order valence-corrected chi connectivity index (χ0v) is 19.8. The van der Waals surface area contributed by atoms with E-state index in [1.807, 2.05) is 12.1 Å². The summed E-state index contributed by atoms with van der Waals surface area (Å²) in [6.45, 7) is 4.08. The van der Waals surface area contributed by atoms with Gasteiger partial charge in [-0.1, -0.05) is 25.1 Å². The molecule has 0 bridgehead atoms. The van der Waals surface area contributed by atoms with Gasteiger partial charge in [-0.2, -0.15) is 0 Å². The summed E-state index contributed by atoms with van der Waals surface area (Å²) in [4.78, 5) is 17.5. The summed E-state index contributed by atoms with van der Waals surface area (Å²) in [5, 5.41) is 2.82. The number of ether oxygens (including phenoxy) is 1. The first-order chi connectivity index (χ1) is 16.0. The number of carbonyl (C=O) groups excluding carboxylic acids is 1. The number of piperidine rings is 1. The van der Waals surface area contributed by atoms with Crippen molar-refractivity contribution in [1.29, 1.82) is 0 Å². The number of para-hydroxylation sites is 1. The molecule has 1 aromatic carbocycles. The molecule has 1 aliphatic heterocycles. The Morgan fingerprint density at radius 1 is 1.18 bits per heavy atom. The van der Waals surface area contributed by atoms with Crippen molar-refractivity contribution in [3.05, 3.63) is 59.9 Å². The second-order valence-electron chi connectivity index (χ2n) is 8.33. The SMILES string of the molecule is CCCS(=O)(=O)N1CCC(c2ccccn2)([C@H](C)NC(=O)c2ccccc2OC(F)(F)F)CC1. The van der Waals surface area contributed by atoms with E-state index in [2.05, 4.69) is 15.0 Å². The summed E-state index contributed by atoms with van der Waals surface area (Å²) >= 11 is 0. The maximum absolute atomic E-state index is 13.0. The topological polar surface area (TPSA) is 88.6 Å². The molecule has 2 heterocycles. The van der Waals surface area contributed by atoms with Crippen LogP contribution in [0.4, 0.5) is 13.2 Å². The highest BCUT2D eigenvalue weighted by molar-refractivity contribution is 7.89. The molecule has 0 unspecified atom stereocenters. The molecule has 0 saturated carbocycles. The lowest BCUT2D eigenvalue weighted by Crippen LogP contribution is -2.55. The average Bonchev–Trinajstić information content (AvgIpc) is 2.79. The lowest BCUT2D eigenvalue weighted by atomic mass is 9.70. The number of halogens is 3. The van der Waals surface area contributed by atoms with E-state index in [-0.39, 0.29) is 24.4 Å². The fourth-order valence-electron chi connectivity index (χ4n) is 4.40. The van der Waals surface area contributed by atoms with Crippen LogP contribution >= 0.6 is 0 Å². The zero-order chi connectivity index (χ0) is 25.0. The van der Waals surface area contributed by atoms with Gasteiger partial charge in [0.1, 0.15) is 5.75 Å². The van der Waals surface area contributed by atoms with Gasteiger partial charge < -0.3 is 10.1 Å². The number of nitrogens with zero attached hydrogens (tertiary/aromatic N) is 2. The smallest absolute Gasteiger partial charge is 0.405 e. The van der Waals surface area contributed by atoms with Crippen LogP contribution in [-0.2, 0) is 15.4 Å². The Labute approximate surface area is 197 Å². The Morgan fingerprint density at radius 2 is 1.82 bits per heavy atom. The molecule has 1 aliphatic rings. The average molecular weight is 500 g/mol. The Morgan fingerprint density at radius 3 is 2.41 bits per heavy atom. The molecule has 2 aromatic rings. The molecule has 1 saturated heterocycles. The second-order valence-corrected chi connectivity index (χ2v) is 10.4. The van der Waals surface area contributed by atoms with Crippen molar-refractivity contribution in [3.63, 3.8) is 0 Å². The standard InChI is InChI=1S/C23H28F3N3O4S/c1-3-16-34(31,32)29-14-11-22(12-15-29,20-10-6-7-13-27-20)17(2)28-21(30)18-8-4-5-9-19(18)33-23(24,25)26/h4-10,13,17H,3,11-12,14-16H2,1-2H3,(H,28,30)/t17-/m0/s1. The van der Waals surface area contributed by atoms with E-state index in [1.54, 1.807) is 26.1 Å². The molecule has 1 fully saturated rings. The highest BCUT2D eigenvalue weighted by Crippen LogP contribution is 2.39. The van der Waals surface area contributed by atoms with Gasteiger partial charge in [-0.15, -0.1) is 13.2 Å². The third kappa shape index (κ3) is 5.87. The third-order valence-electron chi connectivity index (χ3n) is 6.18. The fourth-order valence-corrected chi connectivity index (χ4v) is 5.91. The predicted octanol–water partition coefficient (Wildman–Crippen LogP) is 3.87. The van der Waals surface area contributed by atoms with Crippen LogP contribution in [0.5, 0.6) is 5.75 Å². The molecule has 7 nitrogen and oxygen atoms in total. The molecule has 0 radical (unpaired) electrons. The summed E-state index contributed by atoms with van der Waals surface area (Å²) < 4.78 is 69.0. The highest BCUT2D eigenvalue weighted by Gasteiger charge is 2.45. The summed E-state index contributed by atoms with van der Waals surface area (Å²) in [6, 6.07) is 9.98. The molecule has 3 rings (SSSR count). The molecular formula is C23H28F3N3O4S. The van der Waals surface area contributed by atoms with Crippen molar-refractivity contribution in [1.82, 2.24) is 14.6 Å². The van der Waals surface area contributed by atoms with E-state index in [0.29, 0.717) is 25.0 Å². The lowest BCUT2D eigenvalue weighted by molar-refractivity contribution is -0.274. The second kappa shape index (κ2) is 10.3. The quantitative estimate of drug-likeness (QED) is 0.596. The zero-order valence-electron chi connectivity index (χ0n) is 19.0. The van der Waals surface area contributed by atoms with E-state index in [9.17, 15) is 26.4 Å². The first kappa shape index (κ1) is 26.0. The normalized spacial score (nSPS) is 17.7. The van der Waals surface area contributed by atoms with E-state index in [1.165, 1.54) is 22.5 Å². The van der Waals surface area contributed by atoms with E-state index >= 15 is 0 Å². The fraction of sp³-hybridized carbons (Fsp3) is 0.478. The number of sulfonamides is 1. The van der Waals surface area contributed by atoms with Gasteiger partial charge in [0.25, 0.3) is 5.91 Å². The van der Waals surface area contributed by atoms with Gasteiger partial charge in [0.15, 0.2) is 0 Å². The van der Waals surface area contributed by atoms with Crippen LogP contribution < -0.4 is 10.1 Å². The van der Waals surface area contributed by atoms with Gasteiger partial charge in [0.2, 0.25) is 10.0 Å². The number of benzene rings is 1. The maximum atomic E-state index is 13.0. The van der Waals surface area contributed by atoms with Crippen molar-refractivity contribution < 1.29 is 31.1 Å². The molecule has 0 aliphatic carbocycles. The first-order valence-electron chi connectivity index (χ1n) is 11.0. The number of pyridine rings is 1. The van der Waals surface area contributed by atoms with E-state index in [0.717, 1.165) is 6.07 Å². The molecule has 11 heteroatoms. The van der Waals surface area contributed by atoms with E-state index < -0.39 is 39.5 Å². The largest absolute Gasteiger partial charge is 0.573 e. The molecule has 1 N–H and O–H groups in total. The molecule has 0 spiro atoms. The van der Waals surface area contributed by atoms with Crippen LogP contribution in [-0.4, -0.2) is 54.9 Å². The van der Waals surface area contributed by atoms with Crippen LogP contribution in [0.25, 0.3) is 0 Å². The third-order valence-corrected chi connectivity index (χ3v) is 8.26. The number of hydrogen-bond donors (Lipinski definition) is 1. The predicted molar refractivity (Wildman–Crippen MR) is 121 cm³/mol. The summed E-state index contributed by atoms with van der Waals surface area (Å²) in [6.07, 6.45) is -2.01. The van der Waals surface area contributed by atoms with Crippen molar-refractivity contribution in [2.75, 3.05) is 18.8 Å². The number of carbonyl (C=O) groups is 1. The Kier molecular flexibility index (Phi) is 7.87. The van der Waals surface area contributed by atoms with Gasteiger partial charge in [-0.25, -0.2) is 12.7 Å². The Bertz CT molecular complexity index is 1090. The molecule has 34 heavy (non-hydrogen) atoms. The van der Waals surface area contributed by atoms with Crippen LogP contribution in [0.1, 0.15) is 49.2 Å². The minimum Gasteiger partial charge on any atom is -0.405 e. The lowest BCUT2D eigenvalue weighted by Gasteiger charge is -2.45. The Hall–Kier alpha value is -2.66.